The Morgan fingerprint density at radius 1 is 1.41 bits per heavy atom. The van der Waals surface area contributed by atoms with Crippen LogP contribution in [0.2, 0.25) is 0 Å². The zero-order valence-electron chi connectivity index (χ0n) is 10.7. The lowest BCUT2D eigenvalue weighted by Crippen LogP contribution is -2.34. The molecule has 0 saturated heterocycles. The van der Waals surface area contributed by atoms with Crippen LogP contribution in [0.4, 0.5) is 10.1 Å². The highest BCUT2D eigenvalue weighted by molar-refractivity contribution is 5.56. The van der Waals surface area contributed by atoms with Gasteiger partial charge in [0.1, 0.15) is 11.6 Å². The molecule has 0 unspecified atom stereocenters. The number of halogens is 1. The van der Waals surface area contributed by atoms with Crippen molar-refractivity contribution in [2.45, 2.75) is 32.7 Å². The Bertz CT molecular complexity index is 361. The van der Waals surface area contributed by atoms with E-state index in [1.165, 1.54) is 12.1 Å². The van der Waals surface area contributed by atoms with Gasteiger partial charge in [-0.05, 0) is 39.3 Å². The third-order valence-electron chi connectivity index (χ3n) is 2.33. The fraction of sp³-hybridized carbons (Fsp3) is 0.538. The second kappa shape index (κ2) is 5.87. The maximum atomic E-state index is 13.1. The number of rotatable bonds is 6. The van der Waals surface area contributed by atoms with E-state index in [-0.39, 0.29) is 11.4 Å². The van der Waals surface area contributed by atoms with Crippen LogP contribution in [0.1, 0.15) is 27.2 Å². The summed E-state index contributed by atoms with van der Waals surface area (Å²) in [5.74, 6) is 0.250. The minimum absolute atomic E-state index is 0.210. The highest BCUT2D eigenvalue weighted by Crippen LogP contribution is 2.25. The smallest absolute Gasteiger partial charge is 0.145 e. The Morgan fingerprint density at radius 2 is 2.12 bits per heavy atom. The molecule has 3 nitrogen and oxygen atoms in total. The van der Waals surface area contributed by atoms with Crippen LogP contribution in [0, 0.1) is 5.82 Å². The molecule has 1 aromatic carbocycles. The average molecular weight is 240 g/mol. The molecule has 1 aromatic rings. The van der Waals surface area contributed by atoms with Crippen molar-refractivity contribution in [1.29, 1.82) is 0 Å². The van der Waals surface area contributed by atoms with Crippen LogP contribution in [0.25, 0.3) is 0 Å². The monoisotopic (exact) mass is 240 g/mol. The van der Waals surface area contributed by atoms with E-state index >= 15 is 0 Å². The van der Waals surface area contributed by atoms with Gasteiger partial charge in [0.2, 0.25) is 0 Å². The van der Waals surface area contributed by atoms with Gasteiger partial charge in [-0.25, -0.2) is 4.39 Å². The molecule has 0 spiro atoms. The van der Waals surface area contributed by atoms with E-state index in [4.69, 9.17) is 10.5 Å². The number of hydrogen-bond donors (Lipinski definition) is 2. The second-order valence-corrected chi connectivity index (χ2v) is 4.74. The molecule has 4 heteroatoms. The molecule has 3 N–H and O–H groups in total. The molecule has 0 aliphatic rings. The summed E-state index contributed by atoms with van der Waals surface area (Å²) in [5, 5.41) is 3.21. The first-order chi connectivity index (χ1) is 7.92. The zero-order valence-corrected chi connectivity index (χ0v) is 10.7. The van der Waals surface area contributed by atoms with Crippen LogP contribution in [0.3, 0.4) is 0 Å². The molecular weight excluding hydrogens is 219 g/mol. The van der Waals surface area contributed by atoms with Crippen molar-refractivity contribution in [2.75, 3.05) is 18.5 Å². The molecule has 0 heterocycles. The van der Waals surface area contributed by atoms with Crippen molar-refractivity contribution < 1.29 is 9.13 Å². The van der Waals surface area contributed by atoms with E-state index in [9.17, 15) is 4.39 Å². The molecular formula is C13H21FN2O. The van der Waals surface area contributed by atoms with Crippen molar-refractivity contribution in [3.63, 3.8) is 0 Å². The van der Waals surface area contributed by atoms with E-state index in [1.807, 2.05) is 20.8 Å². The Labute approximate surface area is 102 Å². The van der Waals surface area contributed by atoms with Crippen LogP contribution in [-0.2, 0) is 0 Å². The Morgan fingerprint density at radius 3 is 2.71 bits per heavy atom. The van der Waals surface area contributed by atoms with Crippen molar-refractivity contribution in [3.05, 3.63) is 24.0 Å². The predicted molar refractivity (Wildman–Crippen MR) is 68.9 cm³/mol. The van der Waals surface area contributed by atoms with Crippen molar-refractivity contribution in [2.24, 2.45) is 5.73 Å². The van der Waals surface area contributed by atoms with Crippen LogP contribution in [0.5, 0.6) is 5.75 Å². The van der Waals surface area contributed by atoms with Gasteiger partial charge in [-0.15, -0.1) is 0 Å². The maximum Gasteiger partial charge on any atom is 0.145 e. The van der Waals surface area contributed by atoms with E-state index in [2.05, 4.69) is 5.32 Å². The number of anilines is 1. The first kappa shape index (κ1) is 13.8. The first-order valence-corrected chi connectivity index (χ1v) is 5.87. The van der Waals surface area contributed by atoms with Gasteiger partial charge in [-0.2, -0.15) is 0 Å². The molecule has 0 radical (unpaired) electrons. The molecule has 1 rings (SSSR count). The fourth-order valence-electron chi connectivity index (χ4n) is 1.44. The molecule has 96 valence electrons. The maximum absolute atomic E-state index is 13.1. The van der Waals surface area contributed by atoms with Crippen molar-refractivity contribution in [3.8, 4) is 5.75 Å². The lowest BCUT2D eigenvalue weighted by Gasteiger charge is -2.19. The molecule has 0 saturated carbocycles. The summed E-state index contributed by atoms with van der Waals surface area (Å²) in [6, 6.07) is 4.49. The average Bonchev–Trinajstić information content (AvgIpc) is 2.20. The Kier molecular flexibility index (Phi) is 4.75. The number of ether oxygens (including phenoxy) is 1. The summed E-state index contributed by atoms with van der Waals surface area (Å²) in [6.45, 7) is 7.07. The number of nitrogens with two attached hydrogens (primary N) is 1. The van der Waals surface area contributed by atoms with Gasteiger partial charge in [0.15, 0.2) is 0 Å². The third-order valence-corrected chi connectivity index (χ3v) is 2.33. The van der Waals surface area contributed by atoms with Crippen LogP contribution in [-0.4, -0.2) is 18.7 Å². The zero-order chi connectivity index (χ0) is 12.9. The molecule has 0 aromatic heterocycles. The summed E-state index contributed by atoms with van der Waals surface area (Å²) in [4.78, 5) is 0. The van der Waals surface area contributed by atoms with E-state index in [0.717, 1.165) is 18.7 Å². The van der Waals surface area contributed by atoms with E-state index < -0.39 is 0 Å². The summed E-state index contributed by atoms with van der Waals surface area (Å²) >= 11 is 0. The van der Waals surface area contributed by atoms with Gasteiger partial charge in [-0.1, -0.05) is 0 Å². The quantitative estimate of drug-likeness (QED) is 0.803. The van der Waals surface area contributed by atoms with Gasteiger partial charge in [0.05, 0.1) is 12.3 Å². The van der Waals surface area contributed by atoms with E-state index in [0.29, 0.717) is 12.4 Å². The SMILES string of the molecule is CCOc1cc(F)ccc1NCCC(C)(C)N. The molecule has 0 aliphatic carbocycles. The first-order valence-electron chi connectivity index (χ1n) is 5.87. The van der Waals surface area contributed by atoms with Gasteiger partial charge in [0.25, 0.3) is 0 Å². The highest BCUT2D eigenvalue weighted by Gasteiger charge is 2.10. The molecule has 0 bridgehead atoms. The van der Waals surface area contributed by atoms with Gasteiger partial charge < -0.3 is 15.8 Å². The summed E-state index contributed by atoms with van der Waals surface area (Å²) in [6.07, 6.45) is 0.829. The summed E-state index contributed by atoms with van der Waals surface area (Å²) in [5.41, 5.74) is 6.48. The van der Waals surface area contributed by atoms with Crippen LogP contribution >= 0.6 is 0 Å². The summed E-state index contributed by atoms with van der Waals surface area (Å²) in [7, 11) is 0. The van der Waals surface area contributed by atoms with Gasteiger partial charge >= 0.3 is 0 Å². The lowest BCUT2D eigenvalue weighted by molar-refractivity contribution is 0.339. The molecule has 0 aliphatic heterocycles. The topological polar surface area (TPSA) is 47.3 Å². The van der Waals surface area contributed by atoms with E-state index in [1.54, 1.807) is 6.07 Å². The normalized spacial score (nSPS) is 11.4. The summed E-state index contributed by atoms with van der Waals surface area (Å²) < 4.78 is 18.4. The standard InChI is InChI=1S/C13H21FN2O/c1-4-17-12-9-10(14)5-6-11(12)16-8-7-13(2,3)15/h5-6,9,16H,4,7-8,15H2,1-3H3. The molecule has 0 fully saturated rings. The predicted octanol–water partition coefficient (Wildman–Crippen LogP) is 2.76. The second-order valence-electron chi connectivity index (χ2n) is 4.74. The van der Waals surface area contributed by atoms with Gasteiger partial charge in [-0.3, -0.25) is 0 Å². The fourth-order valence-corrected chi connectivity index (χ4v) is 1.44. The Balaban J connectivity index is 2.63. The number of hydrogen-bond acceptors (Lipinski definition) is 3. The minimum atomic E-state index is -0.293. The molecule has 17 heavy (non-hydrogen) atoms. The third kappa shape index (κ3) is 5.04. The largest absolute Gasteiger partial charge is 0.492 e. The number of nitrogens with one attached hydrogen (secondary N) is 1. The van der Waals surface area contributed by atoms with Crippen molar-refractivity contribution >= 4 is 5.69 Å². The lowest BCUT2D eigenvalue weighted by atomic mass is 10.0. The van der Waals surface area contributed by atoms with Crippen molar-refractivity contribution in [1.82, 2.24) is 0 Å². The minimum Gasteiger partial charge on any atom is -0.492 e. The van der Waals surface area contributed by atoms with Crippen LogP contribution < -0.4 is 15.8 Å². The Hall–Kier alpha value is -1.29. The van der Waals surface area contributed by atoms with Crippen LogP contribution in [0.15, 0.2) is 18.2 Å². The van der Waals surface area contributed by atoms with Gasteiger partial charge in [0, 0.05) is 18.2 Å². The molecule has 0 amide bonds. The number of benzene rings is 1. The molecule has 0 atom stereocenters. The highest BCUT2D eigenvalue weighted by atomic mass is 19.1.